The Kier molecular flexibility index (Phi) is 3.40. The maximum atomic E-state index is 10.7. The molecule has 1 atom stereocenters. The number of ether oxygens (including phenoxy) is 1. The predicted molar refractivity (Wildman–Crippen MR) is 65.8 cm³/mol. The molecule has 0 aliphatic carbocycles. The number of carboxylic acid groups (broad SMARTS) is 1. The summed E-state index contributed by atoms with van der Waals surface area (Å²) in [7, 11) is 0. The Morgan fingerprint density at radius 2 is 1.94 bits per heavy atom. The second-order valence-electron chi connectivity index (χ2n) is 3.93. The topological polar surface area (TPSA) is 46.5 Å². The SMILES string of the molecule is C[C@H](OCc1cccc2ccccc12)C(=O)O. The normalized spacial score (nSPS) is 12.5. The number of rotatable bonds is 4. The summed E-state index contributed by atoms with van der Waals surface area (Å²) in [6.07, 6.45) is -0.783. The van der Waals surface area contributed by atoms with E-state index in [1.807, 2.05) is 42.5 Å². The molecule has 0 radical (unpaired) electrons. The number of fused-ring (bicyclic) bond motifs is 1. The van der Waals surface area contributed by atoms with Crippen molar-refractivity contribution >= 4 is 16.7 Å². The van der Waals surface area contributed by atoms with Crippen molar-refractivity contribution in [3.8, 4) is 0 Å². The molecule has 0 bridgehead atoms. The van der Waals surface area contributed by atoms with Gasteiger partial charge in [-0.2, -0.15) is 0 Å². The van der Waals surface area contributed by atoms with E-state index in [1.165, 1.54) is 6.92 Å². The van der Waals surface area contributed by atoms with E-state index in [-0.39, 0.29) is 0 Å². The molecular formula is C14H14O3. The minimum absolute atomic E-state index is 0.314. The Morgan fingerprint density at radius 3 is 2.71 bits per heavy atom. The van der Waals surface area contributed by atoms with Crippen LogP contribution in [0.4, 0.5) is 0 Å². The van der Waals surface area contributed by atoms with Crippen LogP contribution in [0.15, 0.2) is 42.5 Å². The van der Waals surface area contributed by atoms with Gasteiger partial charge in [0.15, 0.2) is 6.10 Å². The van der Waals surface area contributed by atoms with Gasteiger partial charge in [-0.25, -0.2) is 4.79 Å². The highest BCUT2D eigenvalue weighted by Gasteiger charge is 2.11. The van der Waals surface area contributed by atoms with Gasteiger partial charge in [0, 0.05) is 0 Å². The van der Waals surface area contributed by atoms with Gasteiger partial charge < -0.3 is 9.84 Å². The van der Waals surface area contributed by atoms with Gasteiger partial charge in [-0.3, -0.25) is 0 Å². The molecule has 0 spiro atoms. The molecule has 0 amide bonds. The Balaban J connectivity index is 2.21. The number of carboxylic acids is 1. The Morgan fingerprint density at radius 1 is 1.24 bits per heavy atom. The zero-order valence-corrected chi connectivity index (χ0v) is 9.59. The molecule has 0 unspecified atom stereocenters. The number of aliphatic carboxylic acids is 1. The zero-order valence-electron chi connectivity index (χ0n) is 9.59. The average Bonchev–Trinajstić information content (AvgIpc) is 2.35. The third-order valence-electron chi connectivity index (χ3n) is 2.72. The molecule has 0 aliphatic heterocycles. The number of carbonyl (C=O) groups is 1. The van der Waals surface area contributed by atoms with Crippen molar-refractivity contribution < 1.29 is 14.6 Å². The van der Waals surface area contributed by atoms with Crippen molar-refractivity contribution in [1.82, 2.24) is 0 Å². The summed E-state index contributed by atoms with van der Waals surface area (Å²) in [4.78, 5) is 10.7. The van der Waals surface area contributed by atoms with Gasteiger partial charge in [0.1, 0.15) is 0 Å². The lowest BCUT2D eigenvalue weighted by atomic mass is 10.1. The van der Waals surface area contributed by atoms with Crippen LogP contribution in [-0.2, 0) is 16.1 Å². The van der Waals surface area contributed by atoms with E-state index in [0.717, 1.165) is 16.3 Å². The molecule has 0 fully saturated rings. The van der Waals surface area contributed by atoms with Crippen molar-refractivity contribution in [2.75, 3.05) is 0 Å². The fraction of sp³-hybridized carbons (Fsp3) is 0.214. The third kappa shape index (κ3) is 2.63. The lowest BCUT2D eigenvalue weighted by Gasteiger charge is -2.10. The Hall–Kier alpha value is -1.87. The molecule has 3 nitrogen and oxygen atoms in total. The molecule has 0 heterocycles. The van der Waals surface area contributed by atoms with E-state index in [2.05, 4.69) is 0 Å². The summed E-state index contributed by atoms with van der Waals surface area (Å²) in [6, 6.07) is 13.9. The van der Waals surface area contributed by atoms with Gasteiger partial charge in [0.2, 0.25) is 0 Å². The van der Waals surface area contributed by atoms with Crippen LogP contribution in [0.3, 0.4) is 0 Å². The molecule has 3 heteroatoms. The quantitative estimate of drug-likeness (QED) is 0.878. The molecule has 2 aromatic carbocycles. The maximum absolute atomic E-state index is 10.7. The minimum atomic E-state index is -0.940. The fourth-order valence-electron chi connectivity index (χ4n) is 1.70. The number of benzene rings is 2. The fourth-order valence-corrected chi connectivity index (χ4v) is 1.70. The molecule has 2 rings (SSSR count). The maximum Gasteiger partial charge on any atom is 0.332 e. The predicted octanol–water partition coefficient (Wildman–Crippen LogP) is 2.83. The van der Waals surface area contributed by atoms with Crippen LogP contribution in [0.1, 0.15) is 12.5 Å². The first kappa shape index (κ1) is 11.6. The molecular weight excluding hydrogens is 216 g/mol. The van der Waals surface area contributed by atoms with Gasteiger partial charge in [-0.1, -0.05) is 42.5 Å². The van der Waals surface area contributed by atoms with Crippen molar-refractivity contribution in [3.05, 3.63) is 48.0 Å². The van der Waals surface area contributed by atoms with Crippen LogP contribution in [0.25, 0.3) is 10.8 Å². The monoisotopic (exact) mass is 230 g/mol. The summed E-state index contributed by atoms with van der Waals surface area (Å²) >= 11 is 0. The van der Waals surface area contributed by atoms with Crippen molar-refractivity contribution in [3.63, 3.8) is 0 Å². The average molecular weight is 230 g/mol. The lowest BCUT2D eigenvalue weighted by Crippen LogP contribution is -2.19. The smallest absolute Gasteiger partial charge is 0.332 e. The second-order valence-corrected chi connectivity index (χ2v) is 3.93. The van der Waals surface area contributed by atoms with Crippen molar-refractivity contribution in [2.45, 2.75) is 19.6 Å². The van der Waals surface area contributed by atoms with E-state index in [9.17, 15) is 4.79 Å². The second kappa shape index (κ2) is 4.97. The molecule has 0 saturated heterocycles. The molecule has 17 heavy (non-hydrogen) atoms. The van der Waals surface area contributed by atoms with E-state index < -0.39 is 12.1 Å². The van der Waals surface area contributed by atoms with E-state index in [0.29, 0.717) is 6.61 Å². The highest BCUT2D eigenvalue weighted by molar-refractivity contribution is 5.85. The van der Waals surface area contributed by atoms with Gasteiger partial charge in [0.25, 0.3) is 0 Å². The van der Waals surface area contributed by atoms with Crippen LogP contribution < -0.4 is 0 Å². The molecule has 0 saturated carbocycles. The summed E-state index contributed by atoms with van der Waals surface area (Å²) in [5.41, 5.74) is 1.01. The number of hydrogen-bond donors (Lipinski definition) is 1. The molecule has 88 valence electrons. The Labute approximate surface area is 99.6 Å². The number of hydrogen-bond acceptors (Lipinski definition) is 2. The zero-order chi connectivity index (χ0) is 12.3. The molecule has 1 N–H and O–H groups in total. The van der Waals surface area contributed by atoms with Crippen molar-refractivity contribution in [2.24, 2.45) is 0 Å². The molecule has 0 aliphatic rings. The first-order chi connectivity index (χ1) is 8.18. The van der Waals surface area contributed by atoms with Gasteiger partial charge in [-0.15, -0.1) is 0 Å². The first-order valence-electron chi connectivity index (χ1n) is 5.49. The molecule has 0 aromatic heterocycles. The van der Waals surface area contributed by atoms with Crippen molar-refractivity contribution in [1.29, 1.82) is 0 Å². The Bertz CT molecular complexity index is 528. The summed E-state index contributed by atoms with van der Waals surface area (Å²) in [5.74, 6) is -0.940. The van der Waals surface area contributed by atoms with Gasteiger partial charge >= 0.3 is 5.97 Å². The lowest BCUT2D eigenvalue weighted by molar-refractivity contribution is -0.149. The van der Waals surface area contributed by atoms with Crippen LogP contribution in [0.2, 0.25) is 0 Å². The highest BCUT2D eigenvalue weighted by Crippen LogP contribution is 2.19. The highest BCUT2D eigenvalue weighted by atomic mass is 16.5. The van der Waals surface area contributed by atoms with Gasteiger partial charge in [0.05, 0.1) is 6.61 Å². The van der Waals surface area contributed by atoms with E-state index >= 15 is 0 Å². The summed E-state index contributed by atoms with van der Waals surface area (Å²) in [6.45, 7) is 1.85. The first-order valence-corrected chi connectivity index (χ1v) is 5.49. The molecule has 2 aromatic rings. The largest absolute Gasteiger partial charge is 0.479 e. The standard InChI is InChI=1S/C14H14O3/c1-10(14(15)16)17-9-12-7-4-6-11-5-2-3-8-13(11)12/h2-8,10H,9H2,1H3,(H,15,16)/t10-/m0/s1. The van der Waals surface area contributed by atoms with Crippen LogP contribution >= 0.6 is 0 Å². The third-order valence-corrected chi connectivity index (χ3v) is 2.72. The summed E-state index contributed by atoms with van der Waals surface area (Å²) < 4.78 is 5.30. The van der Waals surface area contributed by atoms with Crippen LogP contribution in [0, 0.1) is 0 Å². The summed E-state index contributed by atoms with van der Waals surface area (Å²) in [5, 5.41) is 11.0. The van der Waals surface area contributed by atoms with Crippen LogP contribution in [0.5, 0.6) is 0 Å². The van der Waals surface area contributed by atoms with E-state index in [1.54, 1.807) is 0 Å². The van der Waals surface area contributed by atoms with E-state index in [4.69, 9.17) is 9.84 Å². The van der Waals surface area contributed by atoms with Crippen LogP contribution in [-0.4, -0.2) is 17.2 Å². The van der Waals surface area contributed by atoms with Gasteiger partial charge in [-0.05, 0) is 23.3 Å². The minimum Gasteiger partial charge on any atom is -0.479 e.